The normalized spacial score (nSPS) is 20.5. The molecule has 0 bridgehead atoms. The Morgan fingerprint density at radius 1 is 1.16 bits per heavy atom. The zero-order valence-electron chi connectivity index (χ0n) is 14.6. The fourth-order valence-electron chi connectivity index (χ4n) is 2.87. The van der Waals surface area contributed by atoms with Crippen LogP contribution in [0.3, 0.4) is 0 Å². The maximum Gasteiger partial charge on any atom is 0.328 e. The molecule has 0 amide bonds. The van der Waals surface area contributed by atoms with Crippen LogP contribution in [0.15, 0.2) is 30.3 Å². The lowest BCUT2D eigenvalue weighted by atomic mass is 9.87. The van der Waals surface area contributed by atoms with Gasteiger partial charge in [0.25, 0.3) is 0 Å². The molecule has 5 heteroatoms. The second-order valence-electron chi connectivity index (χ2n) is 6.36. The van der Waals surface area contributed by atoms with Crippen molar-refractivity contribution in [2.45, 2.75) is 51.6 Å². The number of rotatable bonds is 8. The Bertz CT molecular complexity index is 583. The van der Waals surface area contributed by atoms with Crippen LogP contribution in [0.4, 0.5) is 0 Å². The van der Waals surface area contributed by atoms with Gasteiger partial charge in [0.1, 0.15) is 5.75 Å². The molecule has 0 aromatic heterocycles. The van der Waals surface area contributed by atoms with Gasteiger partial charge in [-0.15, -0.1) is 0 Å². The Hall–Kier alpha value is -2.14. The largest absolute Gasteiger partial charge is 0.478 e. The van der Waals surface area contributed by atoms with Crippen LogP contribution in [0.2, 0.25) is 0 Å². The molecule has 0 aliphatic heterocycles. The second-order valence-corrected chi connectivity index (χ2v) is 6.36. The highest BCUT2D eigenvalue weighted by atomic mass is 16.5. The van der Waals surface area contributed by atoms with Gasteiger partial charge < -0.3 is 14.6 Å². The summed E-state index contributed by atoms with van der Waals surface area (Å²) in [4.78, 5) is 22.8. The molecule has 1 N–H and O–H groups in total. The number of esters is 1. The number of carboxylic acid groups (broad SMARTS) is 1. The van der Waals surface area contributed by atoms with Crippen LogP contribution < -0.4 is 4.74 Å². The number of unbranched alkanes of at least 4 members (excludes halogenated alkanes) is 1. The van der Waals surface area contributed by atoms with Gasteiger partial charge in [-0.3, -0.25) is 4.79 Å². The molecule has 1 aliphatic rings. The average molecular weight is 346 g/mol. The van der Waals surface area contributed by atoms with E-state index in [1.807, 2.05) is 0 Å². The van der Waals surface area contributed by atoms with Crippen LogP contribution in [0.5, 0.6) is 5.75 Å². The van der Waals surface area contributed by atoms with E-state index in [-0.39, 0.29) is 18.0 Å². The first-order chi connectivity index (χ1) is 12.1. The van der Waals surface area contributed by atoms with Crippen LogP contribution in [0.25, 0.3) is 6.08 Å². The summed E-state index contributed by atoms with van der Waals surface area (Å²) in [5.74, 6) is -0.776. The minimum Gasteiger partial charge on any atom is -0.478 e. The Balaban J connectivity index is 1.77. The Morgan fingerprint density at radius 3 is 2.44 bits per heavy atom. The lowest BCUT2D eigenvalue weighted by Gasteiger charge is -2.27. The zero-order chi connectivity index (χ0) is 18.1. The fourth-order valence-corrected chi connectivity index (χ4v) is 2.87. The van der Waals surface area contributed by atoms with Gasteiger partial charge in [0, 0.05) is 12.7 Å². The lowest BCUT2D eigenvalue weighted by Crippen LogP contribution is -2.29. The zero-order valence-corrected chi connectivity index (χ0v) is 14.6. The van der Waals surface area contributed by atoms with Crippen molar-refractivity contribution in [3.05, 3.63) is 35.9 Å². The fraction of sp³-hybridized carbons (Fsp3) is 0.500. The summed E-state index contributed by atoms with van der Waals surface area (Å²) in [5, 5.41) is 8.61. The molecule has 1 aromatic carbocycles. The van der Waals surface area contributed by atoms with Gasteiger partial charge in [0.05, 0.1) is 12.0 Å². The minimum absolute atomic E-state index is 0.0717. The van der Waals surface area contributed by atoms with Crippen molar-refractivity contribution in [1.82, 2.24) is 0 Å². The Kier molecular flexibility index (Phi) is 7.67. The first-order valence-corrected chi connectivity index (χ1v) is 8.93. The molecule has 25 heavy (non-hydrogen) atoms. The van der Waals surface area contributed by atoms with Gasteiger partial charge in [-0.05, 0) is 55.9 Å². The third-order valence-electron chi connectivity index (χ3n) is 4.38. The molecule has 2 rings (SSSR count). The van der Waals surface area contributed by atoms with Crippen molar-refractivity contribution >= 4 is 18.0 Å². The summed E-state index contributed by atoms with van der Waals surface area (Å²) in [6, 6.07) is 6.80. The molecular weight excluding hydrogens is 320 g/mol. The van der Waals surface area contributed by atoms with Gasteiger partial charge >= 0.3 is 11.9 Å². The van der Waals surface area contributed by atoms with Gasteiger partial charge in [0.15, 0.2) is 0 Å². The summed E-state index contributed by atoms with van der Waals surface area (Å²) in [6.07, 6.45) is 8.47. The molecule has 0 radical (unpaired) electrons. The minimum atomic E-state index is -0.996. The lowest BCUT2D eigenvalue weighted by molar-refractivity contribution is -0.141. The monoisotopic (exact) mass is 346 g/mol. The average Bonchev–Trinajstić information content (AvgIpc) is 2.62. The van der Waals surface area contributed by atoms with Crippen molar-refractivity contribution in [3.63, 3.8) is 0 Å². The third kappa shape index (κ3) is 6.70. The number of carbonyl (C=O) groups is 2. The molecule has 5 nitrogen and oxygen atoms in total. The van der Waals surface area contributed by atoms with Crippen LogP contribution in [-0.4, -0.2) is 29.8 Å². The van der Waals surface area contributed by atoms with Crippen LogP contribution in [0.1, 0.15) is 51.0 Å². The molecule has 1 aliphatic carbocycles. The predicted octanol–water partition coefficient (Wildman–Crippen LogP) is 4.07. The van der Waals surface area contributed by atoms with Crippen LogP contribution >= 0.6 is 0 Å². The van der Waals surface area contributed by atoms with E-state index in [4.69, 9.17) is 14.6 Å². The Morgan fingerprint density at radius 2 is 1.84 bits per heavy atom. The van der Waals surface area contributed by atoms with E-state index in [0.29, 0.717) is 5.75 Å². The molecule has 0 spiro atoms. The summed E-state index contributed by atoms with van der Waals surface area (Å²) in [6.45, 7) is 2.95. The smallest absolute Gasteiger partial charge is 0.328 e. The van der Waals surface area contributed by atoms with Gasteiger partial charge in [0.2, 0.25) is 0 Å². The molecule has 1 fully saturated rings. The van der Waals surface area contributed by atoms with E-state index < -0.39 is 5.97 Å². The van der Waals surface area contributed by atoms with Crippen LogP contribution in [-0.2, 0) is 14.3 Å². The molecular formula is C20H26O5. The summed E-state index contributed by atoms with van der Waals surface area (Å²) < 4.78 is 11.3. The van der Waals surface area contributed by atoms with Crippen molar-refractivity contribution in [2.24, 2.45) is 5.92 Å². The molecule has 1 aromatic rings. The number of benzene rings is 1. The number of hydrogen-bond acceptors (Lipinski definition) is 4. The molecule has 0 saturated heterocycles. The second kappa shape index (κ2) is 9.99. The highest BCUT2D eigenvalue weighted by Gasteiger charge is 2.28. The van der Waals surface area contributed by atoms with E-state index in [2.05, 4.69) is 6.92 Å². The molecule has 0 atom stereocenters. The van der Waals surface area contributed by atoms with Crippen molar-refractivity contribution in [2.75, 3.05) is 6.61 Å². The summed E-state index contributed by atoms with van der Waals surface area (Å²) >= 11 is 0. The van der Waals surface area contributed by atoms with Crippen molar-refractivity contribution in [1.29, 1.82) is 0 Å². The Labute approximate surface area is 148 Å². The number of carbonyl (C=O) groups excluding carboxylic acids is 1. The van der Waals surface area contributed by atoms with E-state index in [0.717, 1.165) is 56.8 Å². The van der Waals surface area contributed by atoms with Crippen molar-refractivity contribution in [3.8, 4) is 5.75 Å². The maximum atomic E-state index is 12.3. The molecule has 1 saturated carbocycles. The quantitative estimate of drug-likeness (QED) is 0.332. The van der Waals surface area contributed by atoms with Crippen LogP contribution in [0, 0.1) is 5.92 Å². The van der Waals surface area contributed by atoms with Gasteiger partial charge in [-0.2, -0.15) is 0 Å². The SMILES string of the molecule is CCCCOC1CCC(C(=O)Oc2ccc(C=CC(=O)O)cc2)CC1. The number of ether oxygens (including phenoxy) is 2. The molecule has 0 heterocycles. The maximum absolute atomic E-state index is 12.3. The van der Waals surface area contributed by atoms with E-state index in [9.17, 15) is 9.59 Å². The molecule has 136 valence electrons. The topological polar surface area (TPSA) is 72.8 Å². The van der Waals surface area contributed by atoms with E-state index in [1.165, 1.54) is 6.08 Å². The van der Waals surface area contributed by atoms with Crippen molar-refractivity contribution < 1.29 is 24.2 Å². The summed E-state index contributed by atoms with van der Waals surface area (Å²) in [5.41, 5.74) is 0.743. The highest BCUT2D eigenvalue weighted by Crippen LogP contribution is 2.28. The summed E-state index contributed by atoms with van der Waals surface area (Å²) in [7, 11) is 0. The number of carboxylic acids is 1. The standard InChI is InChI=1S/C20H26O5/c1-2-3-14-24-17-11-7-16(8-12-17)20(23)25-18-9-4-15(5-10-18)6-13-19(21)22/h4-6,9-10,13,16-17H,2-3,7-8,11-12,14H2,1H3,(H,21,22). The third-order valence-corrected chi connectivity index (χ3v) is 4.38. The van der Waals surface area contributed by atoms with Gasteiger partial charge in [-0.1, -0.05) is 25.5 Å². The van der Waals surface area contributed by atoms with Gasteiger partial charge in [-0.25, -0.2) is 4.79 Å². The highest BCUT2D eigenvalue weighted by molar-refractivity contribution is 5.85. The molecule has 0 unspecified atom stereocenters. The van der Waals surface area contributed by atoms with E-state index >= 15 is 0 Å². The first kappa shape index (κ1) is 19.2. The number of aliphatic carboxylic acids is 1. The number of hydrogen-bond donors (Lipinski definition) is 1. The predicted molar refractivity (Wildman–Crippen MR) is 95.4 cm³/mol. The van der Waals surface area contributed by atoms with E-state index in [1.54, 1.807) is 24.3 Å². The first-order valence-electron chi connectivity index (χ1n) is 8.93.